The van der Waals surface area contributed by atoms with Crippen molar-refractivity contribution in [3.63, 3.8) is 0 Å². The molecule has 0 aromatic carbocycles. The molecule has 2 heterocycles. The molecule has 0 aliphatic heterocycles. The number of aromatic nitrogens is 4. The summed E-state index contributed by atoms with van der Waals surface area (Å²) >= 11 is 0. The number of aryl methyl sites for hydroxylation is 1. The van der Waals surface area contributed by atoms with Gasteiger partial charge in [-0.05, 0) is 27.7 Å². The number of anilines is 2. The average Bonchev–Trinajstić information content (AvgIpc) is 2.77. The zero-order valence-corrected chi connectivity index (χ0v) is 11.7. The first kappa shape index (κ1) is 13.3. The Morgan fingerprint density at radius 1 is 1.37 bits per heavy atom. The van der Waals surface area contributed by atoms with E-state index < -0.39 is 0 Å². The van der Waals surface area contributed by atoms with E-state index in [-0.39, 0.29) is 0 Å². The van der Waals surface area contributed by atoms with Crippen LogP contribution in [0.4, 0.5) is 11.6 Å². The van der Waals surface area contributed by atoms with Crippen molar-refractivity contribution < 1.29 is 4.74 Å². The van der Waals surface area contributed by atoms with Crippen LogP contribution in [0, 0.1) is 6.92 Å². The topological polar surface area (TPSA) is 64.9 Å². The van der Waals surface area contributed by atoms with Crippen LogP contribution in [0.5, 0.6) is 5.88 Å². The van der Waals surface area contributed by atoms with E-state index in [0.717, 1.165) is 11.4 Å². The van der Waals surface area contributed by atoms with E-state index in [1.54, 1.807) is 6.20 Å². The molecular formula is C13H19N5O. The second kappa shape index (κ2) is 5.69. The van der Waals surface area contributed by atoms with Crippen LogP contribution in [0.25, 0.3) is 0 Å². The number of nitrogens with one attached hydrogen (secondary N) is 1. The van der Waals surface area contributed by atoms with Crippen molar-refractivity contribution in [2.45, 2.75) is 33.7 Å². The highest BCUT2D eigenvalue weighted by Gasteiger charge is 2.06. The standard InChI is InChI=1S/C13H19N5O/c1-5-19-12-6-10(4)15-13(17-12)16-11-7-14-18(8-11)9(2)3/h6-9H,5H2,1-4H3,(H,15,16,17). The number of hydrogen-bond acceptors (Lipinski definition) is 5. The molecule has 2 aromatic heterocycles. The third kappa shape index (κ3) is 3.43. The minimum absolute atomic E-state index is 0.327. The summed E-state index contributed by atoms with van der Waals surface area (Å²) in [5.74, 6) is 1.10. The van der Waals surface area contributed by atoms with Crippen LogP contribution in [-0.4, -0.2) is 26.4 Å². The monoisotopic (exact) mass is 261 g/mol. The Morgan fingerprint density at radius 2 is 2.16 bits per heavy atom. The lowest BCUT2D eigenvalue weighted by molar-refractivity contribution is 0.326. The molecule has 102 valence electrons. The predicted molar refractivity (Wildman–Crippen MR) is 73.8 cm³/mol. The second-order valence-corrected chi connectivity index (χ2v) is 4.53. The van der Waals surface area contributed by atoms with Crippen molar-refractivity contribution in [2.24, 2.45) is 0 Å². The van der Waals surface area contributed by atoms with Crippen LogP contribution in [0.15, 0.2) is 18.5 Å². The lowest BCUT2D eigenvalue weighted by atomic mass is 10.4. The fraction of sp³-hybridized carbons (Fsp3) is 0.462. The summed E-state index contributed by atoms with van der Waals surface area (Å²) in [6.07, 6.45) is 3.68. The molecule has 6 heteroatoms. The summed E-state index contributed by atoms with van der Waals surface area (Å²) in [7, 11) is 0. The van der Waals surface area contributed by atoms with Crippen LogP contribution in [0.1, 0.15) is 32.5 Å². The summed E-state index contributed by atoms with van der Waals surface area (Å²) < 4.78 is 7.27. The third-order valence-electron chi connectivity index (χ3n) is 2.51. The Balaban J connectivity index is 2.17. The zero-order valence-electron chi connectivity index (χ0n) is 11.7. The smallest absolute Gasteiger partial charge is 0.230 e. The minimum Gasteiger partial charge on any atom is -0.478 e. The molecule has 2 aromatic rings. The van der Waals surface area contributed by atoms with Gasteiger partial charge >= 0.3 is 0 Å². The highest BCUT2D eigenvalue weighted by molar-refractivity contribution is 5.51. The van der Waals surface area contributed by atoms with Gasteiger partial charge in [0.15, 0.2) is 0 Å². The molecule has 0 radical (unpaired) electrons. The molecular weight excluding hydrogens is 242 g/mol. The second-order valence-electron chi connectivity index (χ2n) is 4.53. The summed E-state index contributed by atoms with van der Waals surface area (Å²) in [5.41, 5.74) is 1.72. The van der Waals surface area contributed by atoms with E-state index in [4.69, 9.17) is 4.74 Å². The molecule has 0 unspecified atom stereocenters. The van der Waals surface area contributed by atoms with Crippen LogP contribution < -0.4 is 10.1 Å². The lowest BCUT2D eigenvalue weighted by Crippen LogP contribution is -2.02. The van der Waals surface area contributed by atoms with Gasteiger partial charge in [-0.15, -0.1) is 0 Å². The molecule has 0 amide bonds. The van der Waals surface area contributed by atoms with Gasteiger partial charge in [0.25, 0.3) is 0 Å². The van der Waals surface area contributed by atoms with Crippen molar-refractivity contribution in [1.29, 1.82) is 0 Å². The molecule has 19 heavy (non-hydrogen) atoms. The van der Waals surface area contributed by atoms with Gasteiger partial charge in [0, 0.05) is 24.0 Å². The molecule has 0 spiro atoms. The molecule has 0 aliphatic carbocycles. The number of rotatable bonds is 5. The molecule has 6 nitrogen and oxygen atoms in total. The maximum Gasteiger partial charge on any atom is 0.230 e. The van der Waals surface area contributed by atoms with Crippen molar-refractivity contribution >= 4 is 11.6 Å². The van der Waals surface area contributed by atoms with Crippen LogP contribution in [0.3, 0.4) is 0 Å². The van der Waals surface area contributed by atoms with Gasteiger partial charge in [-0.1, -0.05) is 0 Å². The quantitative estimate of drug-likeness (QED) is 0.896. The zero-order chi connectivity index (χ0) is 13.8. The van der Waals surface area contributed by atoms with Gasteiger partial charge < -0.3 is 10.1 Å². The third-order valence-corrected chi connectivity index (χ3v) is 2.51. The number of nitrogens with zero attached hydrogens (tertiary/aromatic N) is 4. The highest BCUT2D eigenvalue weighted by atomic mass is 16.5. The predicted octanol–water partition coefficient (Wildman–Crippen LogP) is 2.70. The Morgan fingerprint density at radius 3 is 2.79 bits per heavy atom. The molecule has 2 rings (SSSR count). The van der Waals surface area contributed by atoms with Crippen molar-refractivity contribution in [2.75, 3.05) is 11.9 Å². The van der Waals surface area contributed by atoms with E-state index in [0.29, 0.717) is 24.5 Å². The first-order chi connectivity index (χ1) is 9.08. The number of hydrogen-bond donors (Lipinski definition) is 1. The molecule has 0 bridgehead atoms. The van der Waals surface area contributed by atoms with Gasteiger partial charge in [0.05, 0.1) is 18.5 Å². The van der Waals surface area contributed by atoms with Gasteiger partial charge in [0.1, 0.15) is 0 Å². The number of ether oxygens (including phenoxy) is 1. The Hall–Kier alpha value is -2.11. The Kier molecular flexibility index (Phi) is 3.99. The van der Waals surface area contributed by atoms with Gasteiger partial charge in [-0.25, -0.2) is 4.98 Å². The van der Waals surface area contributed by atoms with Crippen molar-refractivity contribution in [3.8, 4) is 5.88 Å². The Bertz CT molecular complexity index is 550. The fourth-order valence-corrected chi connectivity index (χ4v) is 1.63. The summed E-state index contributed by atoms with van der Waals surface area (Å²) in [6, 6.07) is 2.14. The van der Waals surface area contributed by atoms with E-state index in [1.165, 1.54) is 0 Å². The summed E-state index contributed by atoms with van der Waals surface area (Å²) in [5, 5.41) is 7.39. The van der Waals surface area contributed by atoms with Gasteiger partial charge in [-0.2, -0.15) is 10.1 Å². The van der Waals surface area contributed by atoms with Crippen molar-refractivity contribution in [3.05, 3.63) is 24.2 Å². The van der Waals surface area contributed by atoms with E-state index in [9.17, 15) is 0 Å². The van der Waals surface area contributed by atoms with E-state index >= 15 is 0 Å². The first-order valence-electron chi connectivity index (χ1n) is 6.38. The van der Waals surface area contributed by atoms with Crippen LogP contribution >= 0.6 is 0 Å². The van der Waals surface area contributed by atoms with E-state index in [2.05, 4.69) is 34.2 Å². The van der Waals surface area contributed by atoms with Gasteiger partial charge in [0.2, 0.25) is 11.8 Å². The molecule has 0 saturated carbocycles. The normalized spacial score (nSPS) is 10.8. The highest BCUT2D eigenvalue weighted by Crippen LogP contribution is 2.17. The molecule has 0 fully saturated rings. The Labute approximate surface area is 112 Å². The van der Waals surface area contributed by atoms with E-state index in [1.807, 2.05) is 30.8 Å². The molecule has 0 aliphatic rings. The maximum atomic E-state index is 5.40. The van der Waals surface area contributed by atoms with Crippen LogP contribution in [-0.2, 0) is 0 Å². The molecule has 0 saturated heterocycles. The maximum absolute atomic E-state index is 5.40. The summed E-state index contributed by atoms with van der Waals surface area (Å²) in [6.45, 7) is 8.57. The average molecular weight is 261 g/mol. The molecule has 1 N–H and O–H groups in total. The SMILES string of the molecule is CCOc1cc(C)nc(Nc2cnn(C(C)C)c2)n1. The van der Waals surface area contributed by atoms with Crippen LogP contribution in [0.2, 0.25) is 0 Å². The largest absolute Gasteiger partial charge is 0.478 e. The first-order valence-corrected chi connectivity index (χ1v) is 6.38. The van der Waals surface area contributed by atoms with Crippen molar-refractivity contribution in [1.82, 2.24) is 19.7 Å². The molecule has 0 atom stereocenters. The lowest BCUT2D eigenvalue weighted by Gasteiger charge is -2.07. The minimum atomic E-state index is 0.327. The summed E-state index contributed by atoms with van der Waals surface area (Å²) in [4.78, 5) is 8.62. The van der Waals surface area contributed by atoms with Gasteiger partial charge in [-0.3, -0.25) is 4.68 Å². The fourth-order valence-electron chi connectivity index (χ4n) is 1.63.